The monoisotopic (exact) mass is 369 g/mol. The summed E-state index contributed by atoms with van der Waals surface area (Å²) in [5.41, 5.74) is 6.24. The van der Waals surface area contributed by atoms with Crippen molar-refractivity contribution >= 4 is 30.2 Å². The van der Waals surface area contributed by atoms with E-state index in [-0.39, 0.29) is 37.4 Å². The van der Waals surface area contributed by atoms with Gasteiger partial charge >= 0.3 is 5.97 Å². The van der Waals surface area contributed by atoms with Gasteiger partial charge in [0.1, 0.15) is 18.7 Å². The van der Waals surface area contributed by atoms with Crippen molar-refractivity contribution in [1.29, 1.82) is 0 Å². The first kappa shape index (κ1) is 20.9. The molecule has 0 aliphatic carbocycles. The number of rotatable bonds is 6. The fraction of sp³-hybridized carbons (Fsp3) is 0.471. The van der Waals surface area contributed by atoms with Crippen LogP contribution in [0.15, 0.2) is 30.3 Å². The molecule has 3 N–H and O–H groups in total. The van der Waals surface area contributed by atoms with E-state index in [0.29, 0.717) is 13.0 Å². The zero-order valence-electron chi connectivity index (χ0n) is 14.1. The van der Waals surface area contributed by atoms with Crippen molar-refractivity contribution in [3.05, 3.63) is 35.9 Å². The second kappa shape index (κ2) is 10.0. The molecule has 2 amide bonds. The van der Waals surface area contributed by atoms with E-state index in [9.17, 15) is 14.4 Å². The lowest BCUT2D eigenvalue weighted by Crippen LogP contribution is -2.51. The number of nitrogens with zero attached hydrogens (tertiary/aromatic N) is 1. The zero-order chi connectivity index (χ0) is 17.5. The highest BCUT2D eigenvalue weighted by Gasteiger charge is 2.34. The summed E-state index contributed by atoms with van der Waals surface area (Å²) < 4.78 is 5.19. The van der Waals surface area contributed by atoms with Crippen LogP contribution in [0.1, 0.15) is 25.3 Å². The van der Waals surface area contributed by atoms with E-state index < -0.39 is 18.1 Å². The molecule has 1 fully saturated rings. The molecule has 7 nitrogen and oxygen atoms in total. The Morgan fingerprint density at radius 3 is 2.64 bits per heavy atom. The van der Waals surface area contributed by atoms with Crippen LogP contribution in [0.4, 0.5) is 0 Å². The number of likely N-dealkylation sites (tertiary alicyclic amines) is 1. The summed E-state index contributed by atoms with van der Waals surface area (Å²) >= 11 is 0. The van der Waals surface area contributed by atoms with Crippen molar-refractivity contribution in [3.63, 3.8) is 0 Å². The predicted octanol–water partition coefficient (Wildman–Crippen LogP) is 0.606. The molecule has 1 saturated heterocycles. The number of hydrogen-bond donors (Lipinski definition) is 2. The Morgan fingerprint density at radius 2 is 2.00 bits per heavy atom. The van der Waals surface area contributed by atoms with E-state index in [1.165, 1.54) is 4.90 Å². The minimum Gasteiger partial charge on any atom is -0.459 e. The third kappa shape index (κ3) is 5.72. The van der Waals surface area contributed by atoms with Gasteiger partial charge in [-0.15, -0.1) is 12.4 Å². The van der Waals surface area contributed by atoms with Gasteiger partial charge in [-0.05, 0) is 25.3 Å². The fourth-order valence-corrected chi connectivity index (χ4v) is 2.68. The summed E-state index contributed by atoms with van der Waals surface area (Å²) in [5, 5.41) is 2.62. The summed E-state index contributed by atoms with van der Waals surface area (Å²) in [5.74, 6) is -1.12. The van der Waals surface area contributed by atoms with Gasteiger partial charge in [-0.1, -0.05) is 30.3 Å². The maximum atomic E-state index is 12.3. The molecule has 2 rings (SSSR count). The number of amides is 2. The summed E-state index contributed by atoms with van der Waals surface area (Å²) in [6, 6.07) is 7.96. The molecule has 1 aromatic carbocycles. The van der Waals surface area contributed by atoms with Gasteiger partial charge in [0.15, 0.2) is 0 Å². The van der Waals surface area contributed by atoms with Crippen LogP contribution in [-0.4, -0.2) is 47.9 Å². The lowest BCUT2D eigenvalue weighted by atomic mass is 10.2. The van der Waals surface area contributed by atoms with Crippen molar-refractivity contribution in [2.24, 2.45) is 5.73 Å². The number of nitrogens with one attached hydrogen (secondary N) is 1. The van der Waals surface area contributed by atoms with Gasteiger partial charge in [-0.3, -0.25) is 9.59 Å². The van der Waals surface area contributed by atoms with Crippen LogP contribution in [0, 0.1) is 0 Å². The Bertz CT molecular complexity index is 597. The van der Waals surface area contributed by atoms with E-state index in [4.69, 9.17) is 10.5 Å². The maximum Gasteiger partial charge on any atom is 0.328 e. The van der Waals surface area contributed by atoms with Crippen molar-refractivity contribution in [2.45, 2.75) is 38.5 Å². The number of halogens is 1. The third-order valence-corrected chi connectivity index (χ3v) is 3.99. The lowest BCUT2D eigenvalue weighted by molar-refractivity contribution is -0.149. The molecule has 1 heterocycles. The van der Waals surface area contributed by atoms with E-state index in [1.807, 2.05) is 30.3 Å². The van der Waals surface area contributed by atoms with Gasteiger partial charge < -0.3 is 20.7 Å². The number of esters is 1. The Morgan fingerprint density at radius 1 is 1.32 bits per heavy atom. The molecule has 25 heavy (non-hydrogen) atoms. The normalized spacial score (nSPS) is 17.4. The number of carbonyl (C=O) groups is 3. The molecule has 0 bridgehead atoms. The number of carbonyl (C=O) groups excluding carboxylic acids is 3. The highest BCUT2D eigenvalue weighted by atomic mass is 35.5. The Kier molecular flexibility index (Phi) is 8.37. The van der Waals surface area contributed by atoms with Crippen LogP contribution < -0.4 is 11.1 Å². The molecule has 0 spiro atoms. The van der Waals surface area contributed by atoms with E-state index in [2.05, 4.69) is 5.32 Å². The first-order valence-corrected chi connectivity index (χ1v) is 8.03. The lowest BCUT2D eigenvalue weighted by Gasteiger charge is -2.24. The molecule has 0 unspecified atom stereocenters. The smallest absolute Gasteiger partial charge is 0.328 e. The fourth-order valence-electron chi connectivity index (χ4n) is 2.68. The standard InChI is InChI=1S/C17H23N3O4.ClH/c1-12(17(23)24-11-13-6-3-2-4-7-13)19-16(22)14-8-5-9-20(14)15(21)10-18;/h2-4,6-7,12,14H,5,8-11,18H2,1H3,(H,19,22);1H/t12-,14-;/m0./s1. The third-order valence-electron chi connectivity index (χ3n) is 3.99. The van der Waals surface area contributed by atoms with Crippen LogP contribution >= 0.6 is 12.4 Å². The summed E-state index contributed by atoms with van der Waals surface area (Å²) in [4.78, 5) is 37.5. The van der Waals surface area contributed by atoms with Gasteiger partial charge in [-0.2, -0.15) is 0 Å². The summed E-state index contributed by atoms with van der Waals surface area (Å²) in [6.07, 6.45) is 1.32. The SMILES string of the molecule is C[C@H](NC(=O)[C@@H]1CCCN1C(=O)CN)C(=O)OCc1ccccc1.Cl. The summed E-state index contributed by atoms with van der Waals surface area (Å²) in [6.45, 7) is 2.11. The Labute approximate surface area is 153 Å². The van der Waals surface area contributed by atoms with Crippen LogP contribution in [0.3, 0.4) is 0 Å². The minimum atomic E-state index is -0.781. The predicted molar refractivity (Wildman–Crippen MR) is 94.9 cm³/mol. The molecule has 1 aromatic rings. The molecular weight excluding hydrogens is 346 g/mol. The van der Waals surface area contributed by atoms with Gasteiger partial charge in [0.2, 0.25) is 11.8 Å². The molecule has 0 saturated carbocycles. The van der Waals surface area contributed by atoms with Gasteiger partial charge in [-0.25, -0.2) is 4.79 Å². The number of ether oxygens (including phenoxy) is 1. The van der Waals surface area contributed by atoms with E-state index in [0.717, 1.165) is 12.0 Å². The van der Waals surface area contributed by atoms with Crippen LogP contribution in [0.5, 0.6) is 0 Å². The van der Waals surface area contributed by atoms with Crippen molar-refractivity contribution < 1.29 is 19.1 Å². The first-order chi connectivity index (χ1) is 11.5. The second-order valence-corrected chi connectivity index (χ2v) is 5.77. The quantitative estimate of drug-likeness (QED) is 0.715. The largest absolute Gasteiger partial charge is 0.459 e. The number of benzene rings is 1. The van der Waals surface area contributed by atoms with Gasteiger partial charge in [0.25, 0.3) is 0 Å². The topological polar surface area (TPSA) is 102 Å². The van der Waals surface area contributed by atoms with Crippen molar-refractivity contribution in [3.8, 4) is 0 Å². The minimum absolute atomic E-state index is 0. The molecule has 8 heteroatoms. The maximum absolute atomic E-state index is 12.3. The number of nitrogens with two attached hydrogens (primary N) is 1. The number of hydrogen-bond acceptors (Lipinski definition) is 5. The van der Waals surface area contributed by atoms with E-state index >= 15 is 0 Å². The zero-order valence-corrected chi connectivity index (χ0v) is 15.0. The van der Waals surface area contributed by atoms with Gasteiger partial charge in [0, 0.05) is 6.54 Å². The molecule has 1 aliphatic rings. The summed E-state index contributed by atoms with van der Waals surface area (Å²) in [7, 11) is 0. The first-order valence-electron chi connectivity index (χ1n) is 8.03. The molecule has 0 radical (unpaired) electrons. The average Bonchev–Trinajstić information content (AvgIpc) is 3.09. The van der Waals surface area contributed by atoms with Crippen LogP contribution in [0.25, 0.3) is 0 Å². The molecule has 138 valence electrons. The Hall–Kier alpha value is -2.12. The highest BCUT2D eigenvalue weighted by Crippen LogP contribution is 2.17. The van der Waals surface area contributed by atoms with Crippen molar-refractivity contribution in [1.82, 2.24) is 10.2 Å². The van der Waals surface area contributed by atoms with E-state index in [1.54, 1.807) is 6.92 Å². The highest BCUT2D eigenvalue weighted by molar-refractivity contribution is 5.91. The molecule has 0 aromatic heterocycles. The molecule has 1 aliphatic heterocycles. The Balaban J connectivity index is 0.00000312. The molecular formula is C17H24ClN3O4. The van der Waals surface area contributed by atoms with Crippen LogP contribution in [-0.2, 0) is 25.7 Å². The van der Waals surface area contributed by atoms with Crippen molar-refractivity contribution in [2.75, 3.05) is 13.1 Å². The molecule has 2 atom stereocenters. The second-order valence-electron chi connectivity index (χ2n) is 5.77. The average molecular weight is 370 g/mol. The van der Waals surface area contributed by atoms with Gasteiger partial charge in [0.05, 0.1) is 6.54 Å². The van der Waals surface area contributed by atoms with Crippen LogP contribution in [0.2, 0.25) is 0 Å².